The van der Waals surface area contributed by atoms with Gasteiger partial charge in [-0.3, -0.25) is 9.98 Å². The predicted octanol–water partition coefficient (Wildman–Crippen LogP) is 5.21. The van der Waals surface area contributed by atoms with Gasteiger partial charge in [0.2, 0.25) is 9.84 Å². The summed E-state index contributed by atoms with van der Waals surface area (Å²) in [7, 11) is -3.63. The van der Waals surface area contributed by atoms with Crippen LogP contribution in [-0.2, 0) is 9.84 Å². The summed E-state index contributed by atoms with van der Waals surface area (Å²) in [4.78, 5) is 8.91. The zero-order chi connectivity index (χ0) is 20.1. The first kappa shape index (κ1) is 18.6. The van der Waals surface area contributed by atoms with Gasteiger partial charge in [0.25, 0.3) is 0 Å². The molecule has 4 aromatic rings. The molecule has 0 spiro atoms. The van der Waals surface area contributed by atoms with Crippen LogP contribution < -0.4 is 0 Å². The van der Waals surface area contributed by atoms with Gasteiger partial charge in [-0.15, -0.1) is 0 Å². The Morgan fingerprint density at radius 1 is 0.621 bits per heavy atom. The van der Waals surface area contributed by atoms with Crippen LogP contribution in [0, 0.1) is 0 Å². The standard InChI is InChI=1S/C22H16N2O4S/c25-29(26,21-9-5-17(6-10-21)23-15-19-3-1-13-27-19)22-11-7-18(8-12-22)24-16-20-4-2-14-28-20/h1-16H/b23-15+,24-16+. The molecule has 0 aliphatic rings. The Morgan fingerprint density at radius 3 is 1.38 bits per heavy atom. The molecule has 2 aromatic heterocycles. The van der Waals surface area contributed by atoms with Crippen LogP contribution in [0.25, 0.3) is 0 Å². The van der Waals surface area contributed by atoms with E-state index in [9.17, 15) is 8.42 Å². The van der Waals surface area contributed by atoms with Crippen molar-refractivity contribution in [3.63, 3.8) is 0 Å². The fourth-order valence-electron chi connectivity index (χ4n) is 2.56. The number of aliphatic imine (C=N–C) groups is 2. The maximum Gasteiger partial charge on any atom is 0.206 e. The largest absolute Gasteiger partial charge is 0.463 e. The van der Waals surface area contributed by atoms with E-state index in [-0.39, 0.29) is 9.79 Å². The normalized spacial score (nSPS) is 12.1. The predicted molar refractivity (Wildman–Crippen MR) is 110 cm³/mol. The molecule has 0 saturated carbocycles. The molecule has 29 heavy (non-hydrogen) atoms. The molecule has 0 N–H and O–H groups in total. The second kappa shape index (κ2) is 8.12. The molecule has 4 rings (SSSR count). The van der Waals surface area contributed by atoms with Gasteiger partial charge >= 0.3 is 0 Å². The van der Waals surface area contributed by atoms with E-state index in [4.69, 9.17) is 8.83 Å². The van der Waals surface area contributed by atoms with E-state index >= 15 is 0 Å². The highest BCUT2D eigenvalue weighted by Crippen LogP contribution is 2.25. The molecule has 144 valence electrons. The Hall–Kier alpha value is -3.71. The molecule has 0 unspecified atom stereocenters. The van der Waals surface area contributed by atoms with Crippen LogP contribution in [0.3, 0.4) is 0 Å². The Morgan fingerprint density at radius 2 is 1.03 bits per heavy atom. The SMILES string of the molecule is O=S(=O)(c1ccc(/N=C/c2ccco2)cc1)c1ccc(/N=C/c2ccco2)cc1. The summed E-state index contributed by atoms with van der Waals surface area (Å²) in [6, 6.07) is 19.8. The van der Waals surface area contributed by atoms with Crippen LogP contribution in [0.15, 0.2) is 114 Å². The van der Waals surface area contributed by atoms with Gasteiger partial charge in [-0.05, 0) is 72.8 Å². The van der Waals surface area contributed by atoms with Gasteiger partial charge in [0, 0.05) is 0 Å². The molecular formula is C22H16N2O4S. The summed E-state index contributed by atoms with van der Waals surface area (Å²) in [6.45, 7) is 0. The van der Waals surface area contributed by atoms with Crippen LogP contribution in [-0.4, -0.2) is 20.8 Å². The summed E-state index contributed by atoms with van der Waals surface area (Å²) < 4.78 is 36.0. The van der Waals surface area contributed by atoms with Crippen molar-refractivity contribution in [3.8, 4) is 0 Å². The lowest BCUT2D eigenvalue weighted by Gasteiger charge is -2.05. The maximum absolute atomic E-state index is 12.8. The number of rotatable bonds is 6. The van der Waals surface area contributed by atoms with Crippen LogP contribution in [0.4, 0.5) is 11.4 Å². The lowest BCUT2D eigenvalue weighted by molar-refractivity contribution is 0.560. The zero-order valence-electron chi connectivity index (χ0n) is 15.2. The minimum atomic E-state index is -3.63. The average molecular weight is 404 g/mol. The third-order valence-corrected chi connectivity index (χ3v) is 5.85. The molecule has 0 aliphatic heterocycles. The third-order valence-electron chi connectivity index (χ3n) is 4.06. The highest BCUT2D eigenvalue weighted by molar-refractivity contribution is 7.91. The number of hydrogen-bond acceptors (Lipinski definition) is 6. The summed E-state index contributed by atoms with van der Waals surface area (Å²) in [5, 5.41) is 0. The fraction of sp³-hybridized carbons (Fsp3) is 0. The molecule has 0 amide bonds. The van der Waals surface area contributed by atoms with E-state index < -0.39 is 9.84 Å². The monoisotopic (exact) mass is 404 g/mol. The summed E-state index contributed by atoms with van der Waals surface area (Å²) >= 11 is 0. The van der Waals surface area contributed by atoms with E-state index in [1.165, 1.54) is 24.3 Å². The van der Waals surface area contributed by atoms with Crippen molar-refractivity contribution in [3.05, 3.63) is 96.8 Å². The number of furan rings is 2. The zero-order valence-corrected chi connectivity index (χ0v) is 16.0. The van der Waals surface area contributed by atoms with Gasteiger partial charge in [0.05, 0.1) is 46.1 Å². The highest BCUT2D eigenvalue weighted by Gasteiger charge is 2.17. The van der Waals surface area contributed by atoms with Crippen molar-refractivity contribution in [2.45, 2.75) is 9.79 Å². The Kier molecular flexibility index (Phi) is 5.22. The first-order chi connectivity index (χ1) is 14.1. The van der Waals surface area contributed by atoms with Crippen LogP contribution in [0.5, 0.6) is 0 Å². The van der Waals surface area contributed by atoms with Crippen molar-refractivity contribution in [2.24, 2.45) is 9.98 Å². The van der Waals surface area contributed by atoms with Crippen molar-refractivity contribution in [1.82, 2.24) is 0 Å². The second-order valence-electron chi connectivity index (χ2n) is 6.04. The Bertz CT molecular complexity index is 1130. The quantitative estimate of drug-likeness (QED) is 0.413. The summed E-state index contributed by atoms with van der Waals surface area (Å²) in [5.74, 6) is 1.24. The van der Waals surface area contributed by atoms with Crippen LogP contribution in [0.2, 0.25) is 0 Å². The fourth-order valence-corrected chi connectivity index (χ4v) is 3.83. The topological polar surface area (TPSA) is 85.1 Å². The van der Waals surface area contributed by atoms with Gasteiger partial charge in [0.1, 0.15) is 11.5 Å². The third kappa shape index (κ3) is 4.41. The molecule has 0 fully saturated rings. The van der Waals surface area contributed by atoms with Crippen LogP contribution >= 0.6 is 0 Å². The van der Waals surface area contributed by atoms with Crippen molar-refractivity contribution < 1.29 is 17.3 Å². The van der Waals surface area contributed by atoms with Gasteiger partial charge in [-0.1, -0.05) is 0 Å². The molecule has 2 heterocycles. The van der Waals surface area contributed by atoms with E-state index in [1.807, 2.05) is 0 Å². The van der Waals surface area contributed by atoms with Gasteiger partial charge in [-0.25, -0.2) is 8.42 Å². The van der Waals surface area contributed by atoms with Crippen molar-refractivity contribution in [2.75, 3.05) is 0 Å². The number of sulfone groups is 1. The Balaban J connectivity index is 1.50. The molecule has 2 aromatic carbocycles. The minimum absolute atomic E-state index is 0.196. The summed E-state index contributed by atoms with van der Waals surface area (Å²) in [6.07, 6.45) is 6.27. The average Bonchev–Trinajstić information content (AvgIpc) is 3.45. The Labute approximate surface area is 167 Å². The number of benzene rings is 2. The lowest BCUT2D eigenvalue weighted by atomic mass is 10.3. The first-order valence-electron chi connectivity index (χ1n) is 8.72. The first-order valence-corrected chi connectivity index (χ1v) is 10.2. The summed E-state index contributed by atoms with van der Waals surface area (Å²) in [5.41, 5.74) is 1.26. The number of nitrogens with zero attached hydrogens (tertiary/aromatic N) is 2. The van der Waals surface area contributed by atoms with Crippen molar-refractivity contribution in [1.29, 1.82) is 0 Å². The maximum atomic E-state index is 12.8. The molecule has 6 nitrogen and oxygen atoms in total. The van der Waals surface area contributed by atoms with Gasteiger partial charge in [0.15, 0.2) is 0 Å². The second-order valence-corrected chi connectivity index (χ2v) is 7.99. The minimum Gasteiger partial charge on any atom is -0.463 e. The molecule has 0 atom stereocenters. The number of hydrogen-bond donors (Lipinski definition) is 0. The van der Waals surface area contributed by atoms with Gasteiger partial charge < -0.3 is 8.83 Å². The molecule has 7 heteroatoms. The van der Waals surface area contributed by atoms with Crippen LogP contribution in [0.1, 0.15) is 11.5 Å². The molecule has 0 aliphatic carbocycles. The molecule has 0 bridgehead atoms. The molecule has 0 saturated heterocycles. The highest BCUT2D eigenvalue weighted by atomic mass is 32.2. The lowest BCUT2D eigenvalue weighted by Crippen LogP contribution is -2.01. The van der Waals surface area contributed by atoms with Gasteiger partial charge in [-0.2, -0.15) is 0 Å². The van der Waals surface area contributed by atoms with E-state index in [0.29, 0.717) is 22.9 Å². The van der Waals surface area contributed by atoms with Crippen molar-refractivity contribution >= 4 is 33.6 Å². The molecular weight excluding hydrogens is 388 g/mol. The molecule has 0 radical (unpaired) electrons. The van der Waals surface area contributed by atoms with E-state index in [2.05, 4.69) is 9.98 Å². The smallest absolute Gasteiger partial charge is 0.206 e. The van der Waals surface area contributed by atoms with E-state index in [1.54, 1.807) is 73.5 Å². The van der Waals surface area contributed by atoms with E-state index in [0.717, 1.165) is 0 Å².